The second-order valence-corrected chi connectivity index (χ2v) is 18.8. The molecule has 2 N–H and O–H groups in total. The molecule has 4 heterocycles. The highest BCUT2D eigenvalue weighted by atomic mass is 32.2. The van der Waals surface area contributed by atoms with E-state index in [1.54, 1.807) is 10.3 Å². The first-order valence-corrected chi connectivity index (χ1v) is 23.8. The van der Waals surface area contributed by atoms with E-state index in [1.165, 1.54) is 42.0 Å². The second kappa shape index (κ2) is 19.0. The number of rotatable bonds is 15. The van der Waals surface area contributed by atoms with Gasteiger partial charge < -0.3 is 34.6 Å². The number of ether oxygens (including phenoxy) is 3. The number of carbonyl (C=O) groups is 3. The zero-order valence-corrected chi connectivity index (χ0v) is 37.4. The number of thioether (sulfide) groups is 2. The molecule has 6 aromatic rings. The maximum absolute atomic E-state index is 14.9. The Hall–Kier alpha value is -5.97. The number of esters is 1. The maximum Gasteiger partial charge on any atom is 0.319 e. The van der Waals surface area contributed by atoms with Gasteiger partial charge in [0.1, 0.15) is 48.1 Å². The van der Waals surface area contributed by atoms with E-state index in [1.807, 2.05) is 122 Å². The number of hydrogen-bond acceptors (Lipinski definition) is 13. The highest BCUT2D eigenvalue weighted by molar-refractivity contribution is 8.17. The first kappa shape index (κ1) is 43.3. The van der Waals surface area contributed by atoms with Crippen molar-refractivity contribution in [3.05, 3.63) is 191 Å². The fourth-order valence-corrected chi connectivity index (χ4v) is 12.5. The zero-order chi connectivity index (χ0) is 44.1. The molecule has 1 aromatic heterocycles. The summed E-state index contributed by atoms with van der Waals surface area (Å²) < 4.78 is 17.8. The van der Waals surface area contributed by atoms with Crippen molar-refractivity contribution in [1.82, 2.24) is 15.2 Å². The van der Waals surface area contributed by atoms with Crippen molar-refractivity contribution in [2.24, 2.45) is 10.6 Å². The SMILES string of the molecule is CON=C(C(=O)NC1C(=O)N2CC(C(=O)OC(c3ccccc3)c3ccccc3)(C3COCO3)C(SC)S[C@H]12)c1csc(NC(c2ccccc2)(c2ccccc2)c2ccccc2)n1. The number of hydrogen-bond donors (Lipinski definition) is 2. The van der Waals surface area contributed by atoms with E-state index < -0.39 is 51.0 Å². The quantitative estimate of drug-likeness (QED) is 0.0345. The fraction of sp³-hybridized carbons (Fsp3) is 0.245. The lowest BCUT2D eigenvalue weighted by atomic mass is 9.77. The summed E-state index contributed by atoms with van der Waals surface area (Å²) >= 11 is 4.22. The molecule has 15 heteroatoms. The number of β-lactam (4-membered cyclic amide) rings is 1. The number of oxime groups is 1. The Morgan fingerprint density at radius 3 is 1.91 bits per heavy atom. The number of anilines is 1. The molecule has 3 fully saturated rings. The van der Waals surface area contributed by atoms with Gasteiger partial charge in [-0.1, -0.05) is 157 Å². The van der Waals surface area contributed by atoms with Crippen LogP contribution < -0.4 is 10.6 Å². The molecule has 0 spiro atoms. The molecule has 0 aliphatic carbocycles. The van der Waals surface area contributed by atoms with Crippen LogP contribution in [0.5, 0.6) is 0 Å². The Kier molecular flexibility index (Phi) is 12.9. The standard InChI is InChI=1S/C49H45N5O7S3/c1-58-53-39(37-29-63-47(50-37)52-49(34-22-12-5-13-23-34,35-24-14-6-15-25-35)36-26-16-7-17-27-36)42(55)51-40-43(56)54-30-48(38-28-59-31-60-38,46(62-2)64-44(40)54)45(57)61-41(32-18-8-3-9-19-32)33-20-10-4-11-21-33/h3-27,29,38,40-41,44,46H,28,30-31H2,1-2H3,(H,50,52)(H,51,55)/t38?,40?,44-,46?,48?/m1/s1. The van der Waals surface area contributed by atoms with E-state index in [4.69, 9.17) is 24.0 Å². The molecule has 4 unspecified atom stereocenters. The molecule has 0 bridgehead atoms. The van der Waals surface area contributed by atoms with Gasteiger partial charge in [-0.2, -0.15) is 0 Å². The summed E-state index contributed by atoms with van der Waals surface area (Å²) in [7, 11) is 1.36. The van der Waals surface area contributed by atoms with Gasteiger partial charge in [0, 0.05) is 11.9 Å². The predicted octanol–water partition coefficient (Wildman–Crippen LogP) is 7.68. The minimum Gasteiger partial charge on any atom is -0.452 e. The third-order valence-corrected chi connectivity index (χ3v) is 15.8. The lowest BCUT2D eigenvalue weighted by Crippen LogP contribution is -2.76. The first-order chi connectivity index (χ1) is 31.4. The van der Waals surface area contributed by atoms with Crippen LogP contribution in [0.1, 0.15) is 39.6 Å². The van der Waals surface area contributed by atoms with E-state index in [0.717, 1.165) is 27.8 Å². The van der Waals surface area contributed by atoms with Crippen LogP contribution in [0.2, 0.25) is 0 Å². The van der Waals surface area contributed by atoms with Crippen LogP contribution in [0.25, 0.3) is 0 Å². The van der Waals surface area contributed by atoms with Crippen LogP contribution in [0.4, 0.5) is 5.13 Å². The van der Waals surface area contributed by atoms with Gasteiger partial charge >= 0.3 is 5.97 Å². The highest BCUT2D eigenvalue weighted by Gasteiger charge is 2.66. The van der Waals surface area contributed by atoms with Crippen LogP contribution in [0.15, 0.2) is 162 Å². The summed E-state index contributed by atoms with van der Waals surface area (Å²) in [5.74, 6) is -1.47. The molecule has 5 atom stereocenters. The van der Waals surface area contributed by atoms with Crippen molar-refractivity contribution in [3.8, 4) is 0 Å². The van der Waals surface area contributed by atoms with Gasteiger partial charge in [-0.05, 0) is 34.1 Å². The Morgan fingerprint density at radius 1 is 0.859 bits per heavy atom. The summed E-state index contributed by atoms with van der Waals surface area (Å²) in [6.45, 7) is 0.186. The molecule has 12 nitrogen and oxygen atoms in total. The molecule has 64 heavy (non-hydrogen) atoms. The number of benzene rings is 5. The normalized spacial score (nSPS) is 22.0. The van der Waals surface area contributed by atoms with Crippen LogP contribution in [0.3, 0.4) is 0 Å². The monoisotopic (exact) mass is 911 g/mol. The average molecular weight is 912 g/mol. The van der Waals surface area contributed by atoms with Crippen molar-refractivity contribution in [2.75, 3.05) is 38.6 Å². The summed E-state index contributed by atoms with van der Waals surface area (Å²) in [5.41, 5.74) is 2.62. The van der Waals surface area contributed by atoms with Crippen molar-refractivity contribution in [2.45, 2.75) is 33.7 Å². The lowest BCUT2D eigenvalue weighted by Gasteiger charge is -2.57. The van der Waals surface area contributed by atoms with Gasteiger partial charge in [-0.15, -0.1) is 34.9 Å². The van der Waals surface area contributed by atoms with Crippen molar-refractivity contribution < 1.29 is 33.4 Å². The van der Waals surface area contributed by atoms with Crippen molar-refractivity contribution >= 4 is 63.5 Å². The molecular formula is C49H45N5O7S3. The van der Waals surface area contributed by atoms with Gasteiger partial charge in [-0.3, -0.25) is 14.4 Å². The number of thiazole rings is 1. The number of nitrogens with zero attached hydrogens (tertiary/aromatic N) is 3. The van der Waals surface area contributed by atoms with Gasteiger partial charge in [0.15, 0.2) is 16.9 Å². The van der Waals surface area contributed by atoms with Crippen LogP contribution in [0, 0.1) is 5.41 Å². The maximum atomic E-state index is 14.9. The Morgan fingerprint density at radius 2 is 1.41 bits per heavy atom. The van der Waals surface area contributed by atoms with Crippen molar-refractivity contribution in [1.29, 1.82) is 0 Å². The number of carbonyl (C=O) groups excluding carboxylic acids is 3. The van der Waals surface area contributed by atoms with E-state index in [2.05, 4.69) is 52.2 Å². The Balaban J connectivity index is 0.966. The van der Waals surface area contributed by atoms with E-state index in [-0.39, 0.29) is 37.3 Å². The molecule has 326 valence electrons. The minimum absolute atomic E-state index is 0.0106. The van der Waals surface area contributed by atoms with E-state index >= 15 is 0 Å². The molecule has 3 aliphatic heterocycles. The molecule has 3 aliphatic rings. The first-order valence-electron chi connectivity index (χ1n) is 20.7. The number of nitrogens with one attached hydrogen (secondary N) is 2. The summed E-state index contributed by atoms with van der Waals surface area (Å²) in [6.07, 6.45) is 0.534. The lowest BCUT2D eigenvalue weighted by molar-refractivity contribution is -0.174. The van der Waals surface area contributed by atoms with Gasteiger partial charge in [0.05, 0.1) is 11.2 Å². The third kappa shape index (κ3) is 8.07. The summed E-state index contributed by atoms with van der Waals surface area (Å²) in [6, 6.07) is 48.6. The summed E-state index contributed by atoms with van der Waals surface area (Å²) in [5, 5.41) is 12.6. The van der Waals surface area contributed by atoms with Crippen LogP contribution >= 0.6 is 34.9 Å². The molecule has 9 rings (SSSR count). The van der Waals surface area contributed by atoms with Gasteiger partial charge in [-0.25, -0.2) is 4.98 Å². The number of aromatic nitrogens is 1. The fourth-order valence-electron chi connectivity index (χ4n) is 8.71. The molecule has 5 aromatic carbocycles. The number of fused-ring (bicyclic) bond motifs is 1. The molecule has 3 saturated heterocycles. The topological polar surface area (TPSA) is 141 Å². The minimum atomic E-state index is -1.30. The smallest absolute Gasteiger partial charge is 0.319 e. The largest absolute Gasteiger partial charge is 0.452 e. The third-order valence-electron chi connectivity index (χ3n) is 11.8. The second-order valence-electron chi connectivity index (χ2n) is 15.4. The molecule has 0 saturated carbocycles. The Bertz CT molecular complexity index is 2450. The number of amides is 2. The molecular weight excluding hydrogens is 867 g/mol. The van der Waals surface area contributed by atoms with E-state index in [0.29, 0.717) is 5.13 Å². The van der Waals surface area contributed by atoms with Crippen LogP contribution in [-0.4, -0.2) is 88.8 Å². The Labute approximate surface area is 383 Å². The van der Waals surface area contributed by atoms with E-state index in [9.17, 15) is 14.4 Å². The highest BCUT2D eigenvalue weighted by Crippen LogP contribution is 2.54. The zero-order valence-electron chi connectivity index (χ0n) is 34.9. The van der Waals surface area contributed by atoms with Gasteiger partial charge in [0.25, 0.3) is 5.91 Å². The predicted molar refractivity (Wildman–Crippen MR) is 250 cm³/mol. The molecule has 2 amide bonds. The average Bonchev–Trinajstić information content (AvgIpc) is 4.08. The van der Waals surface area contributed by atoms with Crippen LogP contribution in [-0.2, 0) is 39.0 Å². The molecule has 0 radical (unpaired) electrons. The van der Waals surface area contributed by atoms with Gasteiger partial charge in [0.2, 0.25) is 5.91 Å². The summed E-state index contributed by atoms with van der Waals surface area (Å²) in [4.78, 5) is 55.0. The van der Waals surface area contributed by atoms with Crippen molar-refractivity contribution in [3.63, 3.8) is 0 Å².